The highest BCUT2D eigenvalue weighted by Crippen LogP contribution is 2.59. The molecule has 2 rings (SSSR count). The summed E-state index contributed by atoms with van der Waals surface area (Å²) in [4.78, 5) is 12.1. The first-order chi connectivity index (χ1) is 8.43. The molecule has 1 aliphatic heterocycles. The van der Waals surface area contributed by atoms with E-state index < -0.39 is 0 Å². The zero-order chi connectivity index (χ0) is 13.3. The second-order valence-corrected chi connectivity index (χ2v) is 6.67. The lowest BCUT2D eigenvalue weighted by Crippen LogP contribution is -2.33. The van der Waals surface area contributed by atoms with E-state index in [4.69, 9.17) is 27.9 Å². The van der Waals surface area contributed by atoms with Crippen molar-refractivity contribution in [1.29, 1.82) is 0 Å². The van der Waals surface area contributed by atoms with Crippen LogP contribution in [0.25, 0.3) is 0 Å². The Morgan fingerprint density at radius 1 is 1.50 bits per heavy atom. The van der Waals surface area contributed by atoms with Crippen LogP contribution in [-0.4, -0.2) is 25.2 Å². The van der Waals surface area contributed by atoms with Gasteiger partial charge in [-0.05, 0) is 30.3 Å². The summed E-state index contributed by atoms with van der Waals surface area (Å²) in [6, 6.07) is 0. The second-order valence-electron chi connectivity index (χ2n) is 5.66. The molecule has 0 bridgehead atoms. The summed E-state index contributed by atoms with van der Waals surface area (Å²) in [6.07, 6.45) is 4.06. The lowest BCUT2D eigenvalue weighted by molar-refractivity contribution is -0.123. The van der Waals surface area contributed by atoms with E-state index >= 15 is 0 Å². The van der Waals surface area contributed by atoms with E-state index in [1.807, 2.05) is 0 Å². The Hall–Kier alpha value is -0.250. The molecule has 0 spiro atoms. The van der Waals surface area contributed by atoms with Crippen LogP contribution in [0.1, 0.15) is 26.7 Å². The Balaban J connectivity index is 1.84. The van der Waals surface area contributed by atoms with Crippen LogP contribution in [0, 0.1) is 17.3 Å². The van der Waals surface area contributed by atoms with Crippen LogP contribution >= 0.6 is 23.2 Å². The van der Waals surface area contributed by atoms with Crippen LogP contribution < -0.4 is 5.32 Å². The molecule has 5 heteroatoms. The standard InChI is InChI=1S/C13H19Cl2NO2/c1-13(2)9(6-10(14)15)11(13)12(17)16-7-8-4-3-5-18-8/h6,8-9,11H,3-5,7H2,1-2H3,(H,16,17). The van der Waals surface area contributed by atoms with Crippen molar-refractivity contribution < 1.29 is 9.53 Å². The average molecular weight is 292 g/mol. The zero-order valence-electron chi connectivity index (χ0n) is 10.7. The van der Waals surface area contributed by atoms with E-state index in [-0.39, 0.29) is 33.8 Å². The first-order valence-electron chi connectivity index (χ1n) is 6.35. The van der Waals surface area contributed by atoms with Gasteiger partial charge in [-0.1, -0.05) is 37.0 Å². The molecule has 1 heterocycles. The molecule has 1 N–H and O–H groups in total. The lowest BCUT2D eigenvalue weighted by atomic mass is 10.1. The van der Waals surface area contributed by atoms with Crippen molar-refractivity contribution in [3.8, 4) is 0 Å². The molecule has 3 unspecified atom stereocenters. The zero-order valence-corrected chi connectivity index (χ0v) is 12.2. The quantitative estimate of drug-likeness (QED) is 0.865. The predicted molar refractivity (Wildman–Crippen MR) is 72.5 cm³/mol. The summed E-state index contributed by atoms with van der Waals surface area (Å²) in [5.74, 6) is 0.171. The minimum atomic E-state index is -0.0599. The Morgan fingerprint density at radius 3 is 2.78 bits per heavy atom. The van der Waals surface area contributed by atoms with Crippen LogP contribution in [0.15, 0.2) is 10.6 Å². The summed E-state index contributed by atoms with van der Waals surface area (Å²) in [7, 11) is 0. The molecular weight excluding hydrogens is 273 g/mol. The SMILES string of the molecule is CC1(C)C(C=C(Cl)Cl)C1C(=O)NCC1CCCO1. The van der Waals surface area contributed by atoms with Crippen molar-refractivity contribution in [2.45, 2.75) is 32.8 Å². The van der Waals surface area contributed by atoms with E-state index in [0.717, 1.165) is 19.4 Å². The van der Waals surface area contributed by atoms with Gasteiger partial charge in [0.2, 0.25) is 5.91 Å². The monoisotopic (exact) mass is 291 g/mol. The largest absolute Gasteiger partial charge is 0.376 e. The highest BCUT2D eigenvalue weighted by Gasteiger charge is 2.60. The molecule has 102 valence electrons. The van der Waals surface area contributed by atoms with Gasteiger partial charge in [0.1, 0.15) is 4.49 Å². The van der Waals surface area contributed by atoms with Crippen molar-refractivity contribution in [2.24, 2.45) is 17.3 Å². The fourth-order valence-corrected chi connectivity index (χ4v) is 3.03. The van der Waals surface area contributed by atoms with Crippen LogP contribution in [0.2, 0.25) is 0 Å². The number of hydrogen-bond acceptors (Lipinski definition) is 2. The summed E-state index contributed by atoms with van der Waals surface area (Å²) in [5, 5.41) is 2.97. The summed E-state index contributed by atoms with van der Waals surface area (Å²) < 4.78 is 5.72. The molecule has 0 aromatic heterocycles. The van der Waals surface area contributed by atoms with E-state index in [0.29, 0.717) is 6.54 Å². The fraction of sp³-hybridized carbons (Fsp3) is 0.769. The molecule has 2 fully saturated rings. The molecule has 0 radical (unpaired) electrons. The first kappa shape index (κ1) is 14.2. The normalized spacial score (nSPS) is 33.0. The van der Waals surface area contributed by atoms with Gasteiger partial charge < -0.3 is 10.1 Å². The molecule has 1 amide bonds. The number of carbonyl (C=O) groups excluding carboxylic acids is 1. The lowest BCUT2D eigenvalue weighted by Gasteiger charge is -2.11. The summed E-state index contributed by atoms with van der Waals surface area (Å²) in [5.41, 5.74) is -0.0599. The number of halogens is 2. The Morgan fingerprint density at radius 2 is 2.22 bits per heavy atom. The molecule has 3 nitrogen and oxygen atoms in total. The summed E-state index contributed by atoms with van der Waals surface area (Å²) >= 11 is 11.3. The molecule has 18 heavy (non-hydrogen) atoms. The first-order valence-corrected chi connectivity index (χ1v) is 7.10. The Bertz CT molecular complexity index is 358. The van der Waals surface area contributed by atoms with Crippen molar-refractivity contribution in [3.05, 3.63) is 10.6 Å². The second kappa shape index (κ2) is 5.40. The van der Waals surface area contributed by atoms with Crippen molar-refractivity contribution in [1.82, 2.24) is 5.32 Å². The van der Waals surface area contributed by atoms with E-state index in [9.17, 15) is 4.79 Å². The number of allylic oxidation sites excluding steroid dienone is 1. The average Bonchev–Trinajstić information content (AvgIpc) is 2.70. The van der Waals surface area contributed by atoms with Gasteiger partial charge in [-0.15, -0.1) is 0 Å². The van der Waals surface area contributed by atoms with Crippen LogP contribution in [0.5, 0.6) is 0 Å². The molecule has 2 aliphatic rings. The third-order valence-corrected chi connectivity index (χ3v) is 4.28. The Labute approximate surface area is 118 Å². The predicted octanol–water partition coefficient (Wildman–Crippen LogP) is 2.87. The maximum atomic E-state index is 12.1. The van der Waals surface area contributed by atoms with Gasteiger partial charge in [0.05, 0.1) is 12.0 Å². The van der Waals surface area contributed by atoms with Crippen LogP contribution in [-0.2, 0) is 9.53 Å². The minimum absolute atomic E-state index is 0.0357. The number of rotatable bonds is 4. The molecule has 1 saturated heterocycles. The number of hydrogen-bond donors (Lipinski definition) is 1. The van der Waals surface area contributed by atoms with E-state index in [1.165, 1.54) is 0 Å². The third-order valence-electron chi connectivity index (χ3n) is 4.03. The molecular formula is C13H19Cl2NO2. The van der Waals surface area contributed by atoms with Gasteiger partial charge in [-0.2, -0.15) is 0 Å². The van der Waals surface area contributed by atoms with E-state index in [1.54, 1.807) is 6.08 Å². The van der Waals surface area contributed by atoms with Gasteiger partial charge in [0, 0.05) is 13.2 Å². The number of ether oxygens (including phenoxy) is 1. The van der Waals surface area contributed by atoms with Gasteiger partial charge in [-0.3, -0.25) is 4.79 Å². The molecule has 1 saturated carbocycles. The highest BCUT2D eigenvalue weighted by atomic mass is 35.5. The van der Waals surface area contributed by atoms with E-state index in [2.05, 4.69) is 19.2 Å². The molecule has 1 aliphatic carbocycles. The van der Waals surface area contributed by atoms with Crippen LogP contribution in [0.3, 0.4) is 0 Å². The smallest absolute Gasteiger partial charge is 0.224 e. The summed E-state index contributed by atoms with van der Waals surface area (Å²) in [6.45, 7) is 5.53. The van der Waals surface area contributed by atoms with Crippen molar-refractivity contribution >= 4 is 29.1 Å². The van der Waals surface area contributed by atoms with Gasteiger partial charge in [-0.25, -0.2) is 0 Å². The van der Waals surface area contributed by atoms with Crippen molar-refractivity contribution in [3.63, 3.8) is 0 Å². The number of nitrogens with one attached hydrogen (secondary N) is 1. The maximum Gasteiger partial charge on any atom is 0.224 e. The molecule has 0 aromatic carbocycles. The molecule has 0 aromatic rings. The molecule has 3 atom stereocenters. The number of amides is 1. The Kier molecular flexibility index (Phi) is 4.25. The number of carbonyl (C=O) groups is 1. The van der Waals surface area contributed by atoms with Gasteiger partial charge in [0.25, 0.3) is 0 Å². The highest BCUT2D eigenvalue weighted by molar-refractivity contribution is 6.55. The fourth-order valence-electron chi connectivity index (χ4n) is 2.75. The minimum Gasteiger partial charge on any atom is -0.376 e. The van der Waals surface area contributed by atoms with Gasteiger partial charge >= 0.3 is 0 Å². The maximum absolute atomic E-state index is 12.1. The topological polar surface area (TPSA) is 38.3 Å². The third kappa shape index (κ3) is 3.01. The van der Waals surface area contributed by atoms with Crippen molar-refractivity contribution in [2.75, 3.05) is 13.2 Å². The van der Waals surface area contributed by atoms with Crippen LogP contribution in [0.4, 0.5) is 0 Å². The van der Waals surface area contributed by atoms with Gasteiger partial charge in [0.15, 0.2) is 0 Å².